The Bertz CT molecular complexity index is 801. The number of imide groups is 1. The number of ether oxygens (including phenoxy) is 2. The molecule has 3 heterocycles. The quantitative estimate of drug-likeness (QED) is 0.477. The topological polar surface area (TPSA) is 102 Å². The third-order valence-electron chi connectivity index (χ3n) is 4.78. The summed E-state index contributed by atoms with van der Waals surface area (Å²) in [6.07, 6.45) is 2.73. The van der Waals surface area contributed by atoms with Gasteiger partial charge in [0.05, 0.1) is 36.2 Å². The fourth-order valence-corrected chi connectivity index (χ4v) is 3.55. The van der Waals surface area contributed by atoms with Gasteiger partial charge in [-0.25, -0.2) is 4.79 Å². The van der Waals surface area contributed by atoms with E-state index in [-0.39, 0.29) is 12.2 Å². The zero-order valence-electron chi connectivity index (χ0n) is 13.9. The van der Waals surface area contributed by atoms with Gasteiger partial charge in [-0.1, -0.05) is 12.2 Å². The van der Waals surface area contributed by atoms with Crippen molar-refractivity contribution in [2.24, 2.45) is 11.8 Å². The lowest BCUT2D eigenvalue weighted by atomic mass is 9.85. The van der Waals surface area contributed by atoms with Crippen molar-refractivity contribution in [3.63, 3.8) is 0 Å². The Balaban J connectivity index is 1.46. The number of amides is 3. The molecule has 4 atom stereocenters. The van der Waals surface area contributed by atoms with Crippen LogP contribution in [0, 0.1) is 11.8 Å². The highest BCUT2D eigenvalue weighted by atomic mass is 16.5. The second-order valence-electron chi connectivity index (χ2n) is 6.25. The average molecular weight is 356 g/mol. The predicted octanol–water partition coefficient (Wildman–Crippen LogP) is 0.446. The average Bonchev–Trinajstić information content (AvgIpc) is 3.32. The first-order valence-electron chi connectivity index (χ1n) is 8.31. The van der Waals surface area contributed by atoms with Gasteiger partial charge < -0.3 is 9.47 Å². The molecule has 0 radical (unpaired) electrons. The van der Waals surface area contributed by atoms with E-state index < -0.39 is 47.7 Å². The Morgan fingerprint density at radius 1 is 1.04 bits per heavy atom. The van der Waals surface area contributed by atoms with Gasteiger partial charge in [-0.2, -0.15) is 5.01 Å². The smallest absolute Gasteiger partial charge is 0.338 e. The molecule has 2 bridgehead atoms. The van der Waals surface area contributed by atoms with E-state index in [0.717, 1.165) is 5.01 Å². The SMILES string of the molecule is CCOC(=O)c1ccc(C(=O)NN2C(=O)[C@@H]3[C@H](C2=O)[C@H]2C=C[C@H]3O2)cc1. The summed E-state index contributed by atoms with van der Waals surface area (Å²) in [7, 11) is 0. The van der Waals surface area contributed by atoms with Gasteiger partial charge >= 0.3 is 5.97 Å². The van der Waals surface area contributed by atoms with Crippen LogP contribution in [0.5, 0.6) is 0 Å². The molecule has 8 nitrogen and oxygen atoms in total. The third kappa shape index (κ3) is 2.41. The Morgan fingerprint density at radius 2 is 1.58 bits per heavy atom. The van der Waals surface area contributed by atoms with Crippen LogP contribution in [0.3, 0.4) is 0 Å². The van der Waals surface area contributed by atoms with Crippen molar-refractivity contribution < 1.29 is 28.7 Å². The molecule has 3 aliphatic heterocycles. The Labute approximate surface area is 148 Å². The number of carbonyl (C=O) groups excluding carboxylic acids is 4. The van der Waals surface area contributed by atoms with Crippen LogP contribution in [-0.4, -0.2) is 47.5 Å². The zero-order chi connectivity index (χ0) is 18.4. The summed E-state index contributed by atoms with van der Waals surface area (Å²) in [6, 6.07) is 5.77. The summed E-state index contributed by atoms with van der Waals surface area (Å²) in [5, 5.41) is 0.784. The predicted molar refractivity (Wildman–Crippen MR) is 86.5 cm³/mol. The molecule has 2 fully saturated rings. The van der Waals surface area contributed by atoms with E-state index in [4.69, 9.17) is 9.47 Å². The number of esters is 1. The highest BCUT2D eigenvalue weighted by Gasteiger charge is 2.61. The van der Waals surface area contributed by atoms with E-state index >= 15 is 0 Å². The minimum atomic E-state index is -0.608. The molecule has 0 aliphatic carbocycles. The van der Waals surface area contributed by atoms with E-state index in [2.05, 4.69) is 5.43 Å². The number of rotatable bonds is 4. The van der Waals surface area contributed by atoms with E-state index in [1.54, 1.807) is 19.1 Å². The molecule has 134 valence electrons. The molecule has 0 unspecified atom stereocenters. The van der Waals surface area contributed by atoms with E-state index in [1.807, 2.05) is 0 Å². The number of hydrazine groups is 1. The molecule has 8 heteroatoms. The lowest BCUT2D eigenvalue weighted by molar-refractivity contribution is -0.145. The summed E-state index contributed by atoms with van der Waals surface area (Å²) in [4.78, 5) is 49.0. The fourth-order valence-electron chi connectivity index (χ4n) is 3.55. The first-order chi connectivity index (χ1) is 12.5. The number of hydrogen-bond acceptors (Lipinski definition) is 6. The maximum atomic E-state index is 12.5. The van der Waals surface area contributed by atoms with Crippen molar-refractivity contribution in [1.82, 2.24) is 10.4 Å². The highest BCUT2D eigenvalue weighted by Crippen LogP contribution is 2.44. The number of benzene rings is 1. The monoisotopic (exact) mass is 356 g/mol. The minimum Gasteiger partial charge on any atom is -0.462 e. The second-order valence-corrected chi connectivity index (χ2v) is 6.25. The van der Waals surface area contributed by atoms with Gasteiger partial charge in [0.2, 0.25) is 0 Å². The Morgan fingerprint density at radius 3 is 2.12 bits per heavy atom. The van der Waals surface area contributed by atoms with Crippen molar-refractivity contribution in [3.8, 4) is 0 Å². The molecule has 3 aliphatic rings. The molecule has 1 aromatic rings. The van der Waals surface area contributed by atoms with Crippen LogP contribution < -0.4 is 5.43 Å². The number of nitrogens with zero attached hydrogens (tertiary/aromatic N) is 1. The van der Waals surface area contributed by atoms with Crippen LogP contribution in [0.1, 0.15) is 27.6 Å². The van der Waals surface area contributed by atoms with Crippen molar-refractivity contribution in [2.75, 3.05) is 6.61 Å². The largest absolute Gasteiger partial charge is 0.462 e. The first kappa shape index (κ1) is 16.5. The maximum Gasteiger partial charge on any atom is 0.338 e. The second kappa shape index (κ2) is 6.06. The molecule has 3 amide bonds. The standard InChI is InChI=1S/C18H16N2O6/c1-2-25-18(24)10-5-3-9(4-6-10)15(21)19-20-16(22)13-11-7-8-12(26-11)14(13)17(20)23/h3-8,11-14H,2H2,1H3,(H,19,21)/t11-,12-,13-,14+/m1/s1. The van der Waals surface area contributed by atoms with Crippen molar-refractivity contribution in [1.29, 1.82) is 0 Å². The highest BCUT2D eigenvalue weighted by molar-refractivity contribution is 6.09. The summed E-state index contributed by atoms with van der Waals surface area (Å²) in [5.74, 6) is -3.18. The van der Waals surface area contributed by atoms with Gasteiger partial charge in [0.15, 0.2) is 0 Å². The fraction of sp³-hybridized carbons (Fsp3) is 0.333. The van der Waals surface area contributed by atoms with Gasteiger partial charge in [-0.15, -0.1) is 0 Å². The van der Waals surface area contributed by atoms with Crippen molar-refractivity contribution in [3.05, 3.63) is 47.5 Å². The summed E-state index contributed by atoms with van der Waals surface area (Å²) in [5.41, 5.74) is 2.89. The van der Waals surface area contributed by atoms with Crippen LogP contribution in [0.25, 0.3) is 0 Å². The lowest BCUT2D eigenvalue weighted by Gasteiger charge is -2.18. The number of hydrogen-bond donors (Lipinski definition) is 1. The Kier molecular flexibility index (Phi) is 3.84. The Hall–Kier alpha value is -3.00. The molecular formula is C18H16N2O6. The van der Waals surface area contributed by atoms with Crippen molar-refractivity contribution in [2.45, 2.75) is 19.1 Å². The lowest BCUT2D eigenvalue weighted by Crippen LogP contribution is -2.47. The molecular weight excluding hydrogens is 340 g/mol. The van der Waals surface area contributed by atoms with Gasteiger partial charge in [-0.05, 0) is 31.2 Å². The van der Waals surface area contributed by atoms with E-state index in [9.17, 15) is 19.2 Å². The zero-order valence-corrected chi connectivity index (χ0v) is 13.9. The molecule has 0 saturated carbocycles. The van der Waals surface area contributed by atoms with Gasteiger partial charge in [0, 0.05) is 5.56 Å². The van der Waals surface area contributed by atoms with Crippen LogP contribution in [-0.2, 0) is 19.1 Å². The molecule has 2 saturated heterocycles. The van der Waals surface area contributed by atoms with Crippen LogP contribution >= 0.6 is 0 Å². The molecule has 0 aromatic heterocycles. The summed E-state index contributed by atoms with van der Waals surface area (Å²) in [6.45, 7) is 1.95. The van der Waals surface area contributed by atoms with Gasteiger partial charge in [0.25, 0.3) is 17.7 Å². The molecule has 4 rings (SSSR count). The van der Waals surface area contributed by atoms with Crippen LogP contribution in [0.4, 0.5) is 0 Å². The number of carbonyl (C=O) groups is 4. The summed E-state index contributed by atoms with van der Waals surface area (Å²) < 4.78 is 10.4. The number of fused-ring (bicyclic) bond motifs is 5. The minimum absolute atomic E-state index is 0.216. The van der Waals surface area contributed by atoms with Gasteiger partial charge in [0.1, 0.15) is 0 Å². The number of nitrogens with one attached hydrogen (secondary N) is 1. The van der Waals surface area contributed by atoms with Gasteiger partial charge in [-0.3, -0.25) is 19.8 Å². The molecule has 1 aromatic carbocycles. The van der Waals surface area contributed by atoms with E-state index in [1.165, 1.54) is 24.3 Å². The maximum absolute atomic E-state index is 12.5. The normalized spacial score (nSPS) is 28.4. The van der Waals surface area contributed by atoms with Crippen molar-refractivity contribution >= 4 is 23.7 Å². The summed E-state index contributed by atoms with van der Waals surface area (Å²) >= 11 is 0. The van der Waals surface area contributed by atoms with Crippen LogP contribution in [0.2, 0.25) is 0 Å². The first-order valence-corrected chi connectivity index (χ1v) is 8.31. The van der Waals surface area contributed by atoms with Crippen LogP contribution in [0.15, 0.2) is 36.4 Å². The molecule has 0 spiro atoms. The van der Waals surface area contributed by atoms with E-state index in [0.29, 0.717) is 5.56 Å². The third-order valence-corrected chi connectivity index (χ3v) is 4.78. The molecule has 26 heavy (non-hydrogen) atoms. The molecule has 1 N–H and O–H groups in total.